The van der Waals surface area contributed by atoms with E-state index < -0.39 is 0 Å². The summed E-state index contributed by atoms with van der Waals surface area (Å²) in [6.45, 7) is 2.60. The van der Waals surface area contributed by atoms with E-state index in [1.54, 1.807) is 47.2 Å². The minimum absolute atomic E-state index is 0.0133. The number of piperazine rings is 1. The molecule has 0 bridgehead atoms. The van der Waals surface area contributed by atoms with Crippen LogP contribution in [0.2, 0.25) is 0 Å². The summed E-state index contributed by atoms with van der Waals surface area (Å²) < 4.78 is 2.99. The van der Waals surface area contributed by atoms with Crippen LogP contribution in [0.4, 0.5) is 5.69 Å². The van der Waals surface area contributed by atoms with Crippen LogP contribution >= 0.6 is 0 Å². The summed E-state index contributed by atoms with van der Waals surface area (Å²) in [6.07, 6.45) is 8.59. The van der Waals surface area contributed by atoms with Gasteiger partial charge in [0.25, 0.3) is 5.56 Å². The molecule has 24 heavy (non-hydrogen) atoms. The van der Waals surface area contributed by atoms with Crippen molar-refractivity contribution in [1.82, 2.24) is 24.5 Å². The number of carbonyl (C=O) groups is 1. The standard InChI is InChI=1S/C16H20N6O2/c1-19-12-13(10-17-19)3-4-15(23)22-7-5-21(6-8-22)14-9-16(24)20(2)18-11-14/h3-4,9-12H,5-8H2,1-2H3/b4-3+. The maximum absolute atomic E-state index is 12.2. The fraction of sp³-hybridized carbons (Fsp3) is 0.375. The zero-order chi connectivity index (χ0) is 17.1. The van der Waals surface area contributed by atoms with Crippen LogP contribution in [-0.4, -0.2) is 56.5 Å². The van der Waals surface area contributed by atoms with Gasteiger partial charge in [-0.1, -0.05) is 0 Å². The predicted octanol–water partition coefficient (Wildman–Crippen LogP) is -0.124. The molecular weight excluding hydrogens is 308 g/mol. The van der Waals surface area contributed by atoms with Gasteiger partial charge in [0.1, 0.15) is 0 Å². The van der Waals surface area contributed by atoms with E-state index in [2.05, 4.69) is 15.1 Å². The van der Waals surface area contributed by atoms with Crippen molar-refractivity contribution in [2.24, 2.45) is 14.1 Å². The van der Waals surface area contributed by atoms with Crippen molar-refractivity contribution in [2.75, 3.05) is 31.1 Å². The topological polar surface area (TPSA) is 76.3 Å². The van der Waals surface area contributed by atoms with Gasteiger partial charge in [-0.2, -0.15) is 10.2 Å². The van der Waals surface area contributed by atoms with Crippen LogP contribution in [-0.2, 0) is 18.9 Å². The Hall–Kier alpha value is -2.90. The van der Waals surface area contributed by atoms with Gasteiger partial charge >= 0.3 is 0 Å². The predicted molar refractivity (Wildman–Crippen MR) is 90.5 cm³/mol. The second-order valence-electron chi connectivity index (χ2n) is 5.77. The fourth-order valence-electron chi connectivity index (χ4n) is 2.62. The molecule has 0 spiro atoms. The van der Waals surface area contributed by atoms with Crippen LogP contribution in [0.5, 0.6) is 0 Å². The number of amides is 1. The van der Waals surface area contributed by atoms with Gasteiger partial charge in [-0.25, -0.2) is 4.68 Å². The number of anilines is 1. The molecule has 2 aromatic rings. The van der Waals surface area contributed by atoms with E-state index in [-0.39, 0.29) is 11.5 Å². The molecule has 1 aliphatic rings. The Morgan fingerprint density at radius 2 is 1.88 bits per heavy atom. The molecule has 126 valence electrons. The Bertz CT molecular complexity index is 814. The van der Waals surface area contributed by atoms with Crippen molar-refractivity contribution in [3.05, 3.63) is 46.7 Å². The normalized spacial score (nSPS) is 15.2. The Morgan fingerprint density at radius 3 is 2.50 bits per heavy atom. The van der Waals surface area contributed by atoms with Crippen molar-refractivity contribution < 1.29 is 4.79 Å². The summed E-state index contributed by atoms with van der Waals surface area (Å²) >= 11 is 0. The Labute approximate surface area is 139 Å². The summed E-state index contributed by atoms with van der Waals surface area (Å²) in [7, 11) is 3.46. The molecule has 0 unspecified atom stereocenters. The van der Waals surface area contributed by atoms with Crippen molar-refractivity contribution in [1.29, 1.82) is 0 Å². The molecule has 0 aromatic carbocycles. The third-order valence-corrected chi connectivity index (χ3v) is 4.05. The summed E-state index contributed by atoms with van der Waals surface area (Å²) in [5.74, 6) is -0.0133. The van der Waals surface area contributed by atoms with E-state index in [0.717, 1.165) is 11.3 Å². The van der Waals surface area contributed by atoms with Crippen LogP contribution in [0.1, 0.15) is 5.56 Å². The second-order valence-corrected chi connectivity index (χ2v) is 5.77. The first-order chi connectivity index (χ1) is 11.5. The van der Waals surface area contributed by atoms with Crippen LogP contribution in [0.15, 0.2) is 35.5 Å². The van der Waals surface area contributed by atoms with Crippen LogP contribution in [0, 0.1) is 0 Å². The van der Waals surface area contributed by atoms with E-state index in [9.17, 15) is 9.59 Å². The highest BCUT2D eigenvalue weighted by Crippen LogP contribution is 2.13. The monoisotopic (exact) mass is 328 g/mol. The van der Waals surface area contributed by atoms with Crippen molar-refractivity contribution >= 4 is 17.7 Å². The van der Waals surface area contributed by atoms with Gasteiger partial charge in [0, 0.05) is 64.2 Å². The molecule has 1 aliphatic heterocycles. The molecule has 1 fully saturated rings. The number of rotatable bonds is 3. The Balaban J connectivity index is 1.58. The van der Waals surface area contributed by atoms with Crippen molar-refractivity contribution in [2.45, 2.75) is 0 Å². The van der Waals surface area contributed by atoms with Crippen LogP contribution < -0.4 is 10.5 Å². The highest BCUT2D eigenvalue weighted by atomic mass is 16.2. The summed E-state index contributed by atoms with van der Waals surface area (Å²) in [4.78, 5) is 27.8. The SMILES string of the molecule is Cn1cc(/C=C/C(=O)N2CCN(c3cnn(C)c(=O)c3)CC2)cn1. The highest BCUT2D eigenvalue weighted by molar-refractivity contribution is 5.91. The molecule has 3 heterocycles. The average Bonchev–Trinajstić information content (AvgIpc) is 3.01. The van der Waals surface area contributed by atoms with Gasteiger partial charge in [0.2, 0.25) is 5.91 Å². The summed E-state index contributed by atoms with van der Waals surface area (Å²) in [5.41, 5.74) is 1.57. The van der Waals surface area contributed by atoms with E-state index in [4.69, 9.17) is 0 Å². The van der Waals surface area contributed by atoms with Crippen molar-refractivity contribution in [3.63, 3.8) is 0 Å². The zero-order valence-electron chi connectivity index (χ0n) is 13.8. The molecule has 0 aliphatic carbocycles. The van der Waals surface area contributed by atoms with Gasteiger partial charge in [0.05, 0.1) is 18.1 Å². The number of carbonyl (C=O) groups excluding carboxylic acids is 1. The maximum atomic E-state index is 12.2. The molecule has 8 heteroatoms. The quantitative estimate of drug-likeness (QED) is 0.734. The zero-order valence-corrected chi connectivity index (χ0v) is 13.8. The van der Waals surface area contributed by atoms with E-state index in [0.29, 0.717) is 26.2 Å². The third kappa shape index (κ3) is 3.53. The van der Waals surface area contributed by atoms with Gasteiger partial charge in [0.15, 0.2) is 0 Å². The van der Waals surface area contributed by atoms with Gasteiger partial charge in [-0.3, -0.25) is 14.3 Å². The first-order valence-corrected chi connectivity index (χ1v) is 7.77. The highest BCUT2D eigenvalue weighted by Gasteiger charge is 2.20. The lowest BCUT2D eigenvalue weighted by atomic mass is 10.2. The van der Waals surface area contributed by atoms with Gasteiger partial charge in [-0.15, -0.1) is 0 Å². The minimum atomic E-state index is -0.134. The number of hydrogen-bond acceptors (Lipinski definition) is 5. The summed E-state index contributed by atoms with van der Waals surface area (Å²) in [6, 6.07) is 1.58. The number of hydrogen-bond donors (Lipinski definition) is 0. The summed E-state index contributed by atoms with van der Waals surface area (Å²) in [5, 5.41) is 8.10. The molecular formula is C16H20N6O2. The molecule has 0 radical (unpaired) electrons. The minimum Gasteiger partial charge on any atom is -0.367 e. The molecule has 8 nitrogen and oxygen atoms in total. The number of aryl methyl sites for hydroxylation is 2. The Kier molecular flexibility index (Phi) is 4.45. The first kappa shape index (κ1) is 16.0. The largest absolute Gasteiger partial charge is 0.367 e. The van der Waals surface area contributed by atoms with Crippen LogP contribution in [0.3, 0.4) is 0 Å². The average molecular weight is 328 g/mol. The second kappa shape index (κ2) is 6.69. The fourth-order valence-corrected chi connectivity index (χ4v) is 2.62. The molecule has 3 rings (SSSR count). The molecule has 0 saturated carbocycles. The van der Waals surface area contributed by atoms with E-state index >= 15 is 0 Å². The molecule has 1 saturated heterocycles. The number of nitrogens with zero attached hydrogens (tertiary/aromatic N) is 6. The molecule has 1 amide bonds. The Morgan fingerprint density at radius 1 is 1.12 bits per heavy atom. The van der Waals surface area contributed by atoms with Gasteiger partial charge in [-0.05, 0) is 6.08 Å². The lowest BCUT2D eigenvalue weighted by Gasteiger charge is -2.35. The molecule has 0 N–H and O–H groups in total. The van der Waals surface area contributed by atoms with E-state index in [1.165, 1.54) is 4.68 Å². The van der Waals surface area contributed by atoms with Crippen LogP contribution in [0.25, 0.3) is 6.08 Å². The lowest BCUT2D eigenvalue weighted by Crippen LogP contribution is -2.48. The van der Waals surface area contributed by atoms with Crippen molar-refractivity contribution in [3.8, 4) is 0 Å². The third-order valence-electron chi connectivity index (χ3n) is 4.05. The molecule has 2 aromatic heterocycles. The number of aromatic nitrogens is 4. The van der Waals surface area contributed by atoms with E-state index in [1.807, 2.05) is 13.2 Å². The molecule has 0 atom stereocenters. The maximum Gasteiger partial charge on any atom is 0.268 e. The first-order valence-electron chi connectivity index (χ1n) is 7.77. The van der Waals surface area contributed by atoms with Gasteiger partial charge < -0.3 is 9.80 Å². The lowest BCUT2D eigenvalue weighted by molar-refractivity contribution is -0.126. The smallest absolute Gasteiger partial charge is 0.268 e.